The molecule has 2 aromatic heterocycles. The van der Waals surface area contributed by atoms with Gasteiger partial charge in [0.1, 0.15) is 11.3 Å². The number of aromatic nitrogens is 3. The molecular weight excluding hydrogens is 436 g/mol. The van der Waals surface area contributed by atoms with Crippen molar-refractivity contribution >= 4 is 34.7 Å². The highest BCUT2D eigenvalue weighted by atomic mass is 16.5. The Balaban J connectivity index is 1.72. The second-order valence-electron chi connectivity index (χ2n) is 8.17. The van der Waals surface area contributed by atoms with Crippen LogP contribution in [0.1, 0.15) is 75.7 Å². The largest absolute Gasteiger partial charge is 0.462 e. The van der Waals surface area contributed by atoms with Gasteiger partial charge in [-0.25, -0.2) is 19.6 Å². The van der Waals surface area contributed by atoms with Crippen molar-refractivity contribution in [1.29, 1.82) is 0 Å². The zero-order valence-electron chi connectivity index (χ0n) is 19.6. The summed E-state index contributed by atoms with van der Waals surface area (Å²) in [5.74, 6) is -0.651. The molecule has 1 aliphatic rings. The number of rotatable bonds is 6. The first-order valence-corrected chi connectivity index (χ1v) is 11.6. The van der Waals surface area contributed by atoms with E-state index in [1.807, 2.05) is 6.92 Å². The van der Waals surface area contributed by atoms with Crippen molar-refractivity contribution in [2.24, 2.45) is 0 Å². The molecule has 0 atom stereocenters. The number of anilines is 1. The minimum Gasteiger partial charge on any atom is -0.462 e. The lowest BCUT2D eigenvalue weighted by Crippen LogP contribution is -2.16. The molecule has 0 aliphatic carbocycles. The number of ether oxygens (including phenoxy) is 2. The summed E-state index contributed by atoms with van der Waals surface area (Å²) in [6.45, 7) is 6.42. The van der Waals surface area contributed by atoms with Crippen LogP contribution in [0.2, 0.25) is 0 Å². The third-order valence-electron chi connectivity index (χ3n) is 5.65. The standard InChI is InChI=1S/C25H28N4O5/c1-4-33-24(31)16-12-17(25(32)34-5-2)14-18(13-16)27-23(30)19-11-15(3)26-22-21(19)28-20-9-7-6-8-10-29(20)22/h11-14H,4-10H2,1-3H3,(H,27,30). The average Bonchev–Trinajstić information content (AvgIpc) is 2.99. The molecule has 1 N–H and O–H groups in total. The Kier molecular flexibility index (Phi) is 6.90. The molecule has 178 valence electrons. The number of carbonyl (C=O) groups excluding carboxylic acids is 3. The Morgan fingerprint density at radius 2 is 1.62 bits per heavy atom. The number of nitrogens with one attached hydrogen (secondary N) is 1. The summed E-state index contributed by atoms with van der Waals surface area (Å²) in [6.07, 6.45) is 4.10. The lowest BCUT2D eigenvalue weighted by Gasteiger charge is -2.11. The molecule has 0 bridgehead atoms. The molecule has 0 fully saturated rings. The summed E-state index contributed by atoms with van der Waals surface area (Å²) in [7, 11) is 0. The Labute approximate surface area is 197 Å². The summed E-state index contributed by atoms with van der Waals surface area (Å²) in [5.41, 5.74) is 2.92. The molecule has 9 nitrogen and oxygen atoms in total. The maximum Gasteiger partial charge on any atom is 0.338 e. The number of hydrogen-bond donors (Lipinski definition) is 1. The Hall–Kier alpha value is -3.75. The van der Waals surface area contributed by atoms with Crippen LogP contribution in [0.5, 0.6) is 0 Å². The summed E-state index contributed by atoms with van der Waals surface area (Å²) in [4.78, 5) is 47.4. The molecular formula is C25H28N4O5. The van der Waals surface area contributed by atoms with Crippen LogP contribution in [0.3, 0.4) is 0 Å². The molecule has 0 saturated heterocycles. The first-order chi connectivity index (χ1) is 16.4. The van der Waals surface area contributed by atoms with Gasteiger partial charge in [-0.3, -0.25) is 4.79 Å². The van der Waals surface area contributed by atoms with Gasteiger partial charge in [0.2, 0.25) is 0 Å². The van der Waals surface area contributed by atoms with E-state index in [4.69, 9.17) is 14.5 Å². The molecule has 0 radical (unpaired) electrons. The quantitative estimate of drug-likeness (QED) is 0.547. The highest BCUT2D eigenvalue weighted by Crippen LogP contribution is 2.25. The predicted molar refractivity (Wildman–Crippen MR) is 126 cm³/mol. The minimum atomic E-state index is -0.593. The maximum absolute atomic E-state index is 13.4. The van der Waals surface area contributed by atoms with Crippen LogP contribution in [0.25, 0.3) is 11.2 Å². The van der Waals surface area contributed by atoms with Crippen molar-refractivity contribution in [3.63, 3.8) is 0 Å². The second-order valence-corrected chi connectivity index (χ2v) is 8.17. The number of benzene rings is 1. The van der Waals surface area contributed by atoms with E-state index in [9.17, 15) is 14.4 Å². The zero-order chi connectivity index (χ0) is 24.2. The van der Waals surface area contributed by atoms with Crippen molar-refractivity contribution in [2.45, 2.75) is 53.0 Å². The van der Waals surface area contributed by atoms with Crippen molar-refractivity contribution in [1.82, 2.24) is 14.5 Å². The molecule has 3 heterocycles. The normalized spacial score (nSPS) is 13.1. The van der Waals surface area contributed by atoms with Gasteiger partial charge in [0.25, 0.3) is 5.91 Å². The van der Waals surface area contributed by atoms with Gasteiger partial charge in [-0.05, 0) is 57.9 Å². The molecule has 0 spiro atoms. The lowest BCUT2D eigenvalue weighted by molar-refractivity contribution is 0.0525. The first-order valence-electron chi connectivity index (χ1n) is 11.6. The van der Waals surface area contributed by atoms with E-state index in [1.54, 1.807) is 19.9 Å². The van der Waals surface area contributed by atoms with Crippen molar-refractivity contribution in [2.75, 3.05) is 18.5 Å². The van der Waals surface area contributed by atoms with E-state index in [-0.39, 0.29) is 30.0 Å². The summed E-state index contributed by atoms with van der Waals surface area (Å²) >= 11 is 0. The maximum atomic E-state index is 13.4. The number of hydrogen-bond acceptors (Lipinski definition) is 7. The number of pyridine rings is 1. The number of esters is 2. The number of nitrogens with zero attached hydrogens (tertiary/aromatic N) is 3. The smallest absolute Gasteiger partial charge is 0.338 e. The third-order valence-corrected chi connectivity index (χ3v) is 5.65. The van der Waals surface area contributed by atoms with E-state index < -0.39 is 17.8 Å². The number of amides is 1. The first kappa shape index (κ1) is 23.4. The number of carbonyl (C=O) groups is 3. The SMILES string of the molecule is CCOC(=O)c1cc(NC(=O)c2cc(C)nc3c2nc2n3CCCCC2)cc(C(=O)OCC)c1. The summed E-state index contributed by atoms with van der Waals surface area (Å²) in [5, 5.41) is 2.81. The van der Waals surface area contributed by atoms with E-state index in [2.05, 4.69) is 14.9 Å². The highest BCUT2D eigenvalue weighted by molar-refractivity contribution is 6.12. The predicted octanol–water partition coefficient (Wildman–Crippen LogP) is 4.07. The molecule has 34 heavy (non-hydrogen) atoms. The van der Waals surface area contributed by atoms with Gasteiger partial charge in [0.05, 0.1) is 29.9 Å². The third kappa shape index (κ3) is 4.78. The fourth-order valence-electron chi connectivity index (χ4n) is 4.15. The highest BCUT2D eigenvalue weighted by Gasteiger charge is 2.22. The van der Waals surface area contributed by atoms with E-state index in [1.165, 1.54) is 18.2 Å². The van der Waals surface area contributed by atoms with Gasteiger partial charge in [0.15, 0.2) is 5.65 Å². The number of fused-ring (bicyclic) bond motifs is 3. The molecule has 1 amide bonds. The van der Waals surface area contributed by atoms with Crippen LogP contribution < -0.4 is 5.32 Å². The van der Waals surface area contributed by atoms with E-state index >= 15 is 0 Å². The van der Waals surface area contributed by atoms with Crippen LogP contribution in [-0.2, 0) is 22.4 Å². The van der Waals surface area contributed by atoms with Gasteiger partial charge in [-0.2, -0.15) is 0 Å². The molecule has 4 rings (SSSR count). The van der Waals surface area contributed by atoms with E-state index in [0.29, 0.717) is 22.4 Å². The minimum absolute atomic E-state index is 0.146. The van der Waals surface area contributed by atoms with Crippen molar-refractivity contribution < 1.29 is 23.9 Å². The topological polar surface area (TPSA) is 112 Å². The van der Waals surface area contributed by atoms with Gasteiger partial charge in [-0.1, -0.05) is 6.42 Å². The molecule has 0 saturated carbocycles. The van der Waals surface area contributed by atoms with Gasteiger partial charge >= 0.3 is 11.9 Å². The van der Waals surface area contributed by atoms with Crippen LogP contribution in [0, 0.1) is 6.92 Å². The van der Waals surface area contributed by atoms with Crippen LogP contribution in [0.15, 0.2) is 24.3 Å². The van der Waals surface area contributed by atoms with Gasteiger partial charge in [-0.15, -0.1) is 0 Å². The molecule has 1 aromatic carbocycles. The van der Waals surface area contributed by atoms with Gasteiger partial charge in [0, 0.05) is 24.3 Å². The fraction of sp³-hybridized carbons (Fsp3) is 0.400. The molecule has 3 aromatic rings. The molecule has 9 heteroatoms. The Morgan fingerprint density at radius 1 is 0.941 bits per heavy atom. The lowest BCUT2D eigenvalue weighted by atomic mass is 10.1. The number of imidazole rings is 1. The number of aryl methyl sites for hydroxylation is 3. The molecule has 1 aliphatic heterocycles. The Morgan fingerprint density at radius 3 is 2.26 bits per heavy atom. The molecule has 0 unspecified atom stereocenters. The fourth-order valence-corrected chi connectivity index (χ4v) is 4.15. The van der Waals surface area contributed by atoms with Crippen molar-refractivity contribution in [3.8, 4) is 0 Å². The van der Waals surface area contributed by atoms with Crippen LogP contribution in [0.4, 0.5) is 5.69 Å². The van der Waals surface area contributed by atoms with Crippen LogP contribution in [-0.4, -0.2) is 45.6 Å². The second kappa shape index (κ2) is 10.0. The zero-order valence-corrected chi connectivity index (χ0v) is 19.6. The Bertz CT molecular complexity index is 1230. The summed E-state index contributed by atoms with van der Waals surface area (Å²) < 4.78 is 12.2. The van der Waals surface area contributed by atoms with Gasteiger partial charge < -0.3 is 19.4 Å². The average molecular weight is 465 g/mol. The van der Waals surface area contributed by atoms with E-state index in [0.717, 1.165) is 38.1 Å². The summed E-state index contributed by atoms with van der Waals surface area (Å²) in [6, 6.07) is 6.05. The monoisotopic (exact) mass is 464 g/mol. The van der Waals surface area contributed by atoms with Crippen molar-refractivity contribution in [3.05, 3.63) is 52.5 Å². The van der Waals surface area contributed by atoms with Crippen LogP contribution >= 0.6 is 0 Å².